The van der Waals surface area contributed by atoms with Crippen molar-refractivity contribution in [1.82, 2.24) is 4.98 Å². The van der Waals surface area contributed by atoms with Gasteiger partial charge in [-0.3, -0.25) is 14.8 Å². The van der Waals surface area contributed by atoms with Crippen LogP contribution in [0.3, 0.4) is 0 Å². The summed E-state index contributed by atoms with van der Waals surface area (Å²) >= 11 is 0. The van der Waals surface area contributed by atoms with Gasteiger partial charge in [0, 0.05) is 17.6 Å². The molecule has 1 amide bonds. The highest BCUT2D eigenvalue weighted by atomic mass is 16.5. The summed E-state index contributed by atoms with van der Waals surface area (Å²) in [5.41, 5.74) is 8.27. The van der Waals surface area contributed by atoms with Gasteiger partial charge in [-0.15, -0.1) is 0 Å². The molecule has 3 N–H and O–H groups in total. The third kappa shape index (κ3) is 3.44. The van der Waals surface area contributed by atoms with E-state index in [4.69, 9.17) is 10.5 Å². The van der Waals surface area contributed by atoms with Gasteiger partial charge in [0.05, 0.1) is 12.2 Å². The summed E-state index contributed by atoms with van der Waals surface area (Å²) in [7, 11) is 0. The molecule has 2 heterocycles. The maximum absolute atomic E-state index is 12.3. The monoisotopic (exact) mass is 324 g/mol. The van der Waals surface area contributed by atoms with Crippen LogP contribution in [0.2, 0.25) is 0 Å². The molecule has 6 heteroatoms. The molecule has 1 aliphatic rings. The van der Waals surface area contributed by atoms with E-state index >= 15 is 0 Å². The number of carbonyl (C=O) groups is 1. The van der Waals surface area contributed by atoms with Crippen LogP contribution in [-0.2, 0) is 10.3 Å². The topological polar surface area (TPSA) is 89.6 Å². The Kier molecular flexibility index (Phi) is 4.31. The van der Waals surface area contributed by atoms with Crippen LogP contribution in [0.1, 0.15) is 28.5 Å². The van der Waals surface area contributed by atoms with Crippen molar-refractivity contribution in [1.29, 1.82) is 0 Å². The van der Waals surface area contributed by atoms with E-state index in [9.17, 15) is 4.79 Å². The Hall–Kier alpha value is -2.73. The molecular formula is C18H20N4O2. The second-order valence-electron chi connectivity index (χ2n) is 6.09. The molecule has 124 valence electrons. The standard InChI is InChI=1S/C18H20N4O2/c1-12-6-7-13(9-20-12)17(23)21-15-5-3-4-14(8-15)18(2)11-24-10-16(19)22-18/h3-9H,10-11H2,1-2H3,(H2,19,22)(H,21,23). The lowest BCUT2D eigenvalue weighted by Gasteiger charge is -2.30. The minimum Gasteiger partial charge on any atom is -0.386 e. The molecule has 6 nitrogen and oxygen atoms in total. The number of ether oxygens (including phenoxy) is 1. The van der Waals surface area contributed by atoms with E-state index in [1.54, 1.807) is 12.3 Å². The van der Waals surface area contributed by atoms with Crippen LogP contribution in [-0.4, -0.2) is 29.9 Å². The predicted molar refractivity (Wildman–Crippen MR) is 93.2 cm³/mol. The molecule has 0 saturated heterocycles. The number of hydrogen-bond donors (Lipinski definition) is 2. The van der Waals surface area contributed by atoms with Gasteiger partial charge >= 0.3 is 0 Å². The Morgan fingerprint density at radius 2 is 2.17 bits per heavy atom. The number of benzene rings is 1. The van der Waals surface area contributed by atoms with Crippen LogP contribution in [0.25, 0.3) is 0 Å². The van der Waals surface area contributed by atoms with Crippen molar-refractivity contribution >= 4 is 17.4 Å². The number of pyridine rings is 1. The fourth-order valence-corrected chi connectivity index (χ4v) is 2.62. The summed E-state index contributed by atoms with van der Waals surface area (Å²) in [5, 5.41) is 2.89. The van der Waals surface area contributed by atoms with Crippen molar-refractivity contribution < 1.29 is 9.53 Å². The first-order chi connectivity index (χ1) is 11.5. The zero-order chi connectivity index (χ0) is 17.2. The maximum atomic E-state index is 12.3. The molecule has 3 rings (SSSR count). The number of amidine groups is 1. The number of aromatic nitrogens is 1. The molecule has 1 aromatic carbocycles. The van der Waals surface area contributed by atoms with E-state index < -0.39 is 5.54 Å². The normalized spacial score (nSPS) is 20.3. The minimum atomic E-state index is -0.547. The number of nitrogens with one attached hydrogen (secondary N) is 1. The molecule has 1 aliphatic heterocycles. The summed E-state index contributed by atoms with van der Waals surface area (Å²) in [6.45, 7) is 4.65. The molecule has 0 bridgehead atoms. The Morgan fingerprint density at radius 3 is 2.88 bits per heavy atom. The molecule has 1 aromatic heterocycles. The molecule has 0 saturated carbocycles. The SMILES string of the molecule is Cc1ccc(C(=O)Nc2cccc(C3(C)COCC(N)=N3)c2)cn1. The highest BCUT2D eigenvalue weighted by molar-refractivity contribution is 6.04. The molecule has 0 fully saturated rings. The van der Waals surface area contributed by atoms with Gasteiger partial charge in [-0.2, -0.15) is 0 Å². The molecular weight excluding hydrogens is 304 g/mol. The Bertz CT molecular complexity index is 786. The number of nitrogens with zero attached hydrogens (tertiary/aromatic N) is 2. The van der Waals surface area contributed by atoms with E-state index in [1.165, 1.54) is 0 Å². The fraction of sp³-hybridized carbons (Fsp3) is 0.278. The molecule has 24 heavy (non-hydrogen) atoms. The quantitative estimate of drug-likeness (QED) is 0.906. The van der Waals surface area contributed by atoms with Gasteiger partial charge in [-0.25, -0.2) is 0 Å². The largest absolute Gasteiger partial charge is 0.386 e. The highest BCUT2D eigenvalue weighted by Gasteiger charge is 2.30. The smallest absolute Gasteiger partial charge is 0.257 e. The first-order valence-corrected chi connectivity index (χ1v) is 7.73. The average Bonchev–Trinajstić information content (AvgIpc) is 2.55. The zero-order valence-corrected chi connectivity index (χ0v) is 13.7. The van der Waals surface area contributed by atoms with E-state index in [1.807, 2.05) is 44.2 Å². The summed E-state index contributed by atoms with van der Waals surface area (Å²) in [6, 6.07) is 11.1. The van der Waals surface area contributed by atoms with Crippen molar-refractivity contribution in [2.45, 2.75) is 19.4 Å². The fourth-order valence-electron chi connectivity index (χ4n) is 2.62. The summed E-state index contributed by atoms with van der Waals surface area (Å²) in [6.07, 6.45) is 1.57. The third-order valence-electron chi connectivity index (χ3n) is 3.94. The average molecular weight is 324 g/mol. The lowest BCUT2D eigenvalue weighted by Crippen LogP contribution is -2.37. The van der Waals surface area contributed by atoms with Gasteiger partial charge in [-0.1, -0.05) is 12.1 Å². The van der Waals surface area contributed by atoms with E-state index in [0.29, 0.717) is 30.3 Å². The van der Waals surface area contributed by atoms with Gasteiger partial charge in [0.25, 0.3) is 5.91 Å². The number of amides is 1. The maximum Gasteiger partial charge on any atom is 0.257 e. The number of anilines is 1. The van der Waals surface area contributed by atoms with Crippen LogP contribution in [0, 0.1) is 6.92 Å². The van der Waals surface area contributed by atoms with Gasteiger partial charge in [0.15, 0.2) is 0 Å². The number of nitrogens with two attached hydrogens (primary N) is 1. The minimum absolute atomic E-state index is 0.201. The molecule has 1 atom stereocenters. The van der Waals surface area contributed by atoms with Crippen molar-refractivity contribution in [2.24, 2.45) is 10.7 Å². The summed E-state index contributed by atoms with van der Waals surface area (Å²) in [4.78, 5) is 21.0. The highest BCUT2D eigenvalue weighted by Crippen LogP contribution is 2.30. The number of aliphatic imine (C=N–C) groups is 1. The number of hydrogen-bond acceptors (Lipinski definition) is 5. The molecule has 2 aromatic rings. The van der Waals surface area contributed by atoms with Crippen molar-refractivity contribution in [3.8, 4) is 0 Å². The molecule has 0 radical (unpaired) electrons. The Labute approximate surface area is 140 Å². The van der Waals surface area contributed by atoms with Crippen LogP contribution in [0.15, 0.2) is 47.6 Å². The van der Waals surface area contributed by atoms with Crippen LogP contribution in [0.5, 0.6) is 0 Å². The van der Waals surface area contributed by atoms with Gasteiger partial charge in [0.1, 0.15) is 18.0 Å². The van der Waals surface area contributed by atoms with E-state index in [0.717, 1.165) is 11.3 Å². The summed E-state index contributed by atoms with van der Waals surface area (Å²) in [5.74, 6) is 0.275. The van der Waals surface area contributed by atoms with Gasteiger partial charge in [-0.05, 0) is 43.7 Å². The second kappa shape index (κ2) is 6.41. The van der Waals surface area contributed by atoms with Gasteiger partial charge in [0.2, 0.25) is 0 Å². The van der Waals surface area contributed by atoms with E-state index in [2.05, 4.69) is 15.3 Å². The van der Waals surface area contributed by atoms with Crippen molar-refractivity contribution in [3.05, 3.63) is 59.4 Å². The van der Waals surface area contributed by atoms with E-state index in [-0.39, 0.29) is 5.91 Å². The second-order valence-corrected chi connectivity index (χ2v) is 6.09. The first-order valence-electron chi connectivity index (χ1n) is 7.73. The van der Waals surface area contributed by atoms with Gasteiger partial charge < -0.3 is 15.8 Å². The number of aryl methyl sites for hydroxylation is 1. The van der Waals surface area contributed by atoms with Crippen molar-refractivity contribution in [2.75, 3.05) is 18.5 Å². The zero-order valence-electron chi connectivity index (χ0n) is 13.7. The van der Waals surface area contributed by atoms with Crippen LogP contribution >= 0.6 is 0 Å². The molecule has 0 spiro atoms. The summed E-state index contributed by atoms with van der Waals surface area (Å²) < 4.78 is 5.50. The lowest BCUT2D eigenvalue weighted by atomic mass is 9.92. The van der Waals surface area contributed by atoms with Crippen molar-refractivity contribution in [3.63, 3.8) is 0 Å². The van der Waals surface area contributed by atoms with Crippen LogP contribution in [0.4, 0.5) is 5.69 Å². The first kappa shape index (κ1) is 16.1. The predicted octanol–water partition coefficient (Wildman–Crippen LogP) is 2.24. The van der Waals surface area contributed by atoms with Crippen LogP contribution < -0.4 is 11.1 Å². The number of rotatable bonds is 3. The lowest BCUT2D eigenvalue weighted by molar-refractivity contribution is 0.102. The molecule has 0 aliphatic carbocycles. The number of carbonyl (C=O) groups excluding carboxylic acids is 1. The molecule has 1 unspecified atom stereocenters. The third-order valence-corrected chi connectivity index (χ3v) is 3.94. The Morgan fingerprint density at radius 1 is 1.33 bits per heavy atom. The Balaban J connectivity index is 1.82.